The van der Waals surface area contributed by atoms with E-state index in [9.17, 15) is 13.9 Å². The molecule has 170 valence electrons. The Morgan fingerprint density at radius 2 is 1.79 bits per heavy atom. The Bertz CT molecular complexity index is 1310. The number of fused-ring (bicyclic) bond motifs is 1. The number of hydrogen-bond donors (Lipinski definition) is 3. The standard InChI is InChI=1S/C24H19F3N2O4/c25-15-3-1-2-14(8-15)12-4-6-13(7-5-12)20-16(26)9-17-22(21(20)27)29-24(28-17)33-19-11-32-18(10-30)23(19)31/h1-9,18-19,23,30-31H,10-11H2,(H,28,29)/t18-,19?,23-/m1/s1. The summed E-state index contributed by atoms with van der Waals surface area (Å²) in [6.45, 7) is -0.356. The molecule has 3 aromatic carbocycles. The first-order valence-corrected chi connectivity index (χ1v) is 10.3. The zero-order valence-electron chi connectivity index (χ0n) is 17.1. The van der Waals surface area contributed by atoms with Crippen molar-refractivity contribution in [3.8, 4) is 28.3 Å². The van der Waals surface area contributed by atoms with E-state index in [0.29, 0.717) is 16.7 Å². The molecule has 0 radical (unpaired) electrons. The Morgan fingerprint density at radius 3 is 2.48 bits per heavy atom. The molecular weight excluding hydrogens is 437 g/mol. The Hall–Kier alpha value is -3.40. The molecule has 4 aromatic rings. The number of halogens is 3. The highest BCUT2D eigenvalue weighted by atomic mass is 19.1. The van der Waals surface area contributed by atoms with Gasteiger partial charge in [0.1, 0.15) is 29.4 Å². The second kappa shape index (κ2) is 8.51. The number of aliphatic hydroxyl groups is 2. The molecule has 9 heteroatoms. The normalized spacial score (nSPS) is 20.5. The second-order valence-corrected chi connectivity index (χ2v) is 7.77. The van der Waals surface area contributed by atoms with Gasteiger partial charge in [0, 0.05) is 6.07 Å². The van der Waals surface area contributed by atoms with Crippen molar-refractivity contribution in [3.63, 3.8) is 0 Å². The fraction of sp³-hybridized carbons (Fsp3) is 0.208. The molecule has 0 bridgehead atoms. The molecule has 3 N–H and O–H groups in total. The predicted molar refractivity (Wildman–Crippen MR) is 114 cm³/mol. The molecular formula is C24H19F3N2O4. The monoisotopic (exact) mass is 456 g/mol. The van der Waals surface area contributed by atoms with Crippen LogP contribution in [0, 0.1) is 17.5 Å². The van der Waals surface area contributed by atoms with Gasteiger partial charge >= 0.3 is 0 Å². The summed E-state index contributed by atoms with van der Waals surface area (Å²) in [6, 6.07) is 13.5. The number of nitrogens with one attached hydrogen (secondary N) is 1. The van der Waals surface area contributed by atoms with Crippen LogP contribution in [0.5, 0.6) is 6.01 Å². The molecule has 1 aliphatic rings. The first-order valence-electron chi connectivity index (χ1n) is 10.3. The van der Waals surface area contributed by atoms with E-state index in [1.807, 2.05) is 0 Å². The van der Waals surface area contributed by atoms with Crippen molar-refractivity contribution < 1.29 is 32.9 Å². The van der Waals surface area contributed by atoms with Gasteiger partial charge in [-0.15, -0.1) is 0 Å². The van der Waals surface area contributed by atoms with E-state index < -0.39 is 29.9 Å². The molecule has 2 heterocycles. The lowest BCUT2D eigenvalue weighted by molar-refractivity contribution is -0.00390. The van der Waals surface area contributed by atoms with E-state index in [-0.39, 0.29) is 41.6 Å². The van der Waals surface area contributed by atoms with Crippen LogP contribution in [0.3, 0.4) is 0 Å². The van der Waals surface area contributed by atoms with Crippen LogP contribution in [0.15, 0.2) is 54.6 Å². The van der Waals surface area contributed by atoms with Crippen LogP contribution < -0.4 is 4.74 Å². The van der Waals surface area contributed by atoms with Crippen molar-refractivity contribution in [3.05, 3.63) is 72.0 Å². The third-order valence-corrected chi connectivity index (χ3v) is 5.66. The maximum atomic E-state index is 15.3. The molecule has 1 aliphatic heterocycles. The minimum Gasteiger partial charge on any atom is -0.456 e. The molecule has 5 rings (SSSR count). The van der Waals surface area contributed by atoms with Gasteiger partial charge in [-0.1, -0.05) is 36.4 Å². The zero-order chi connectivity index (χ0) is 23.1. The number of ether oxygens (including phenoxy) is 2. The molecule has 3 atom stereocenters. The number of aromatic nitrogens is 2. The summed E-state index contributed by atoms with van der Waals surface area (Å²) < 4.78 is 54.4. The van der Waals surface area contributed by atoms with Gasteiger partial charge in [0.25, 0.3) is 6.01 Å². The Kier molecular flexibility index (Phi) is 5.53. The highest BCUT2D eigenvalue weighted by Gasteiger charge is 2.37. The maximum absolute atomic E-state index is 15.3. The van der Waals surface area contributed by atoms with Crippen molar-refractivity contribution >= 4 is 11.0 Å². The van der Waals surface area contributed by atoms with Gasteiger partial charge in [0.15, 0.2) is 11.9 Å². The zero-order valence-corrected chi connectivity index (χ0v) is 17.1. The van der Waals surface area contributed by atoms with Gasteiger partial charge < -0.3 is 24.7 Å². The van der Waals surface area contributed by atoms with Gasteiger partial charge in [-0.05, 0) is 28.8 Å². The molecule has 33 heavy (non-hydrogen) atoms. The molecule has 6 nitrogen and oxygen atoms in total. The van der Waals surface area contributed by atoms with Gasteiger partial charge in [-0.3, -0.25) is 0 Å². The largest absolute Gasteiger partial charge is 0.456 e. The lowest BCUT2D eigenvalue weighted by atomic mass is 9.99. The summed E-state index contributed by atoms with van der Waals surface area (Å²) in [5, 5.41) is 19.3. The number of nitrogens with zero attached hydrogens (tertiary/aromatic N) is 1. The Balaban J connectivity index is 1.45. The molecule has 0 saturated carbocycles. The van der Waals surface area contributed by atoms with E-state index in [2.05, 4.69) is 9.97 Å². The SMILES string of the molecule is OC[C@H]1OCC(Oc2nc3c(F)c(-c4ccc(-c5cccc(F)c5)cc4)c(F)cc3[nH]2)[C@@H]1O. The molecule has 1 aromatic heterocycles. The van der Waals surface area contributed by atoms with Crippen molar-refractivity contribution in [2.75, 3.05) is 13.2 Å². The third kappa shape index (κ3) is 3.95. The van der Waals surface area contributed by atoms with Crippen LogP contribution in [0.2, 0.25) is 0 Å². The fourth-order valence-corrected chi connectivity index (χ4v) is 3.94. The second-order valence-electron chi connectivity index (χ2n) is 7.77. The summed E-state index contributed by atoms with van der Waals surface area (Å²) >= 11 is 0. The van der Waals surface area contributed by atoms with Crippen LogP contribution in [0.4, 0.5) is 13.2 Å². The minimum atomic E-state index is -1.09. The highest BCUT2D eigenvalue weighted by Crippen LogP contribution is 2.33. The molecule has 1 unspecified atom stereocenters. The molecule has 1 fully saturated rings. The molecule has 0 aliphatic carbocycles. The predicted octanol–water partition coefficient (Wildman–Crippen LogP) is 3.81. The lowest BCUT2D eigenvalue weighted by Gasteiger charge is -2.15. The van der Waals surface area contributed by atoms with E-state index in [1.165, 1.54) is 12.1 Å². The number of rotatable bonds is 5. The van der Waals surface area contributed by atoms with E-state index in [0.717, 1.165) is 6.07 Å². The fourth-order valence-electron chi connectivity index (χ4n) is 3.94. The Morgan fingerprint density at radius 1 is 1.03 bits per heavy atom. The van der Waals surface area contributed by atoms with E-state index in [1.54, 1.807) is 36.4 Å². The molecule has 0 spiro atoms. The first kappa shape index (κ1) is 21.4. The number of aromatic amines is 1. The summed E-state index contributed by atoms with van der Waals surface area (Å²) in [5.74, 6) is -2.04. The van der Waals surface area contributed by atoms with Crippen LogP contribution in [0.25, 0.3) is 33.3 Å². The van der Waals surface area contributed by atoms with Gasteiger partial charge in [-0.2, -0.15) is 4.98 Å². The van der Waals surface area contributed by atoms with Gasteiger partial charge in [0.2, 0.25) is 0 Å². The van der Waals surface area contributed by atoms with Crippen LogP contribution in [-0.2, 0) is 4.74 Å². The average molecular weight is 456 g/mol. The highest BCUT2D eigenvalue weighted by molar-refractivity contribution is 5.84. The number of aliphatic hydroxyl groups excluding tert-OH is 2. The number of benzene rings is 3. The maximum Gasteiger partial charge on any atom is 0.295 e. The van der Waals surface area contributed by atoms with E-state index in [4.69, 9.17) is 14.6 Å². The van der Waals surface area contributed by atoms with Crippen molar-refractivity contribution in [2.24, 2.45) is 0 Å². The van der Waals surface area contributed by atoms with Crippen molar-refractivity contribution in [1.82, 2.24) is 9.97 Å². The average Bonchev–Trinajstić information content (AvgIpc) is 3.37. The summed E-state index contributed by atoms with van der Waals surface area (Å²) in [5.41, 5.74) is 1.36. The number of imidazole rings is 1. The first-order chi connectivity index (χ1) is 15.9. The molecule has 0 amide bonds. The topological polar surface area (TPSA) is 87.6 Å². The van der Waals surface area contributed by atoms with E-state index >= 15 is 4.39 Å². The molecule has 1 saturated heterocycles. The third-order valence-electron chi connectivity index (χ3n) is 5.66. The quantitative estimate of drug-likeness (QED) is 0.425. The summed E-state index contributed by atoms with van der Waals surface area (Å²) in [4.78, 5) is 6.77. The van der Waals surface area contributed by atoms with Crippen LogP contribution >= 0.6 is 0 Å². The van der Waals surface area contributed by atoms with Crippen molar-refractivity contribution in [1.29, 1.82) is 0 Å². The van der Waals surface area contributed by atoms with Gasteiger partial charge in [-0.25, -0.2) is 13.2 Å². The summed E-state index contributed by atoms with van der Waals surface area (Å²) in [7, 11) is 0. The smallest absolute Gasteiger partial charge is 0.295 e. The van der Waals surface area contributed by atoms with Gasteiger partial charge in [0.05, 0.1) is 24.3 Å². The minimum absolute atomic E-state index is 0.0171. The number of H-pyrrole nitrogens is 1. The van der Waals surface area contributed by atoms with Crippen LogP contribution in [-0.4, -0.2) is 51.7 Å². The Labute approximate surface area is 186 Å². The van der Waals surface area contributed by atoms with Crippen molar-refractivity contribution in [2.45, 2.75) is 18.3 Å². The lowest BCUT2D eigenvalue weighted by Crippen LogP contribution is -2.36. The number of hydrogen-bond acceptors (Lipinski definition) is 5. The van der Waals surface area contributed by atoms with Crippen LogP contribution in [0.1, 0.15) is 0 Å². The summed E-state index contributed by atoms with van der Waals surface area (Å²) in [6.07, 6.45) is -2.68.